The third-order valence-electron chi connectivity index (χ3n) is 4.73. The van der Waals surface area contributed by atoms with Crippen molar-refractivity contribution in [1.29, 1.82) is 0 Å². The van der Waals surface area contributed by atoms with Crippen LogP contribution in [0.25, 0.3) is 0 Å². The Morgan fingerprint density at radius 3 is 1.48 bits per heavy atom. The molecule has 0 aliphatic carbocycles. The number of nitrogens with one attached hydrogen (secondary N) is 2. The average Bonchev–Trinajstić information content (AvgIpc) is 2.82. The molecule has 2 aromatic rings. The number of hydrogen-bond donors (Lipinski definition) is 2. The second-order valence-electron chi connectivity index (χ2n) is 6.96. The van der Waals surface area contributed by atoms with Gasteiger partial charge in [0.1, 0.15) is 0 Å². The van der Waals surface area contributed by atoms with E-state index in [0.717, 1.165) is 20.9 Å². The van der Waals surface area contributed by atoms with Gasteiger partial charge in [-0.05, 0) is 48.2 Å². The number of hydrogen-bond acceptors (Lipinski definition) is 6. The summed E-state index contributed by atoms with van der Waals surface area (Å²) < 4.78 is 0. The van der Waals surface area contributed by atoms with Crippen LogP contribution in [0.4, 0.5) is 11.4 Å². The molecule has 33 heavy (non-hydrogen) atoms. The molecule has 0 spiro atoms. The molecule has 0 bridgehead atoms. The molecule has 0 saturated heterocycles. The fraction of sp³-hybridized carbons (Fsp3) is 0.217. The van der Waals surface area contributed by atoms with Crippen LogP contribution in [0.1, 0.15) is 18.1 Å². The Labute approximate surface area is 190 Å². The predicted molar refractivity (Wildman–Crippen MR) is 120 cm³/mol. The zero-order chi connectivity index (χ0) is 24.2. The first kappa shape index (κ1) is 24.9. The minimum absolute atomic E-state index is 0.237. The van der Waals surface area contributed by atoms with Crippen molar-refractivity contribution in [3.8, 4) is 0 Å². The van der Waals surface area contributed by atoms with Gasteiger partial charge in [-0.1, -0.05) is 24.3 Å². The Bertz CT molecular complexity index is 997. The van der Waals surface area contributed by atoms with E-state index in [1.165, 1.54) is 6.92 Å². The number of nitrogens with zero attached hydrogens (tertiary/aromatic N) is 2. The quantitative estimate of drug-likeness (QED) is 0.373. The molecule has 2 rings (SSSR count). The summed E-state index contributed by atoms with van der Waals surface area (Å²) in [4.78, 5) is 69.6. The lowest BCUT2D eigenvalue weighted by Crippen LogP contribution is -2.41. The maximum atomic E-state index is 11.9. The number of anilines is 2. The number of rotatable bonds is 11. The highest BCUT2D eigenvalue weighted by molar-refractivity contribution is 6.35. The van der Waals surface area contributed by atoms with Gasteiger partial charge in [0.05, 0.1) is 11.4 Å². The van der Waals surface area contributed by atoms with Crippen LogP contribution in [0.5, 0.6) is 0 Å². The van der Waals surface area contributed by atoms with Crippen LogP contribution in [0.15, 0.2) is 48.5 Å². The van der Waals surface area contributed by atoms with Crippen LogP contribution in [0.2, 0.25) is 0 Å². The molecule has 0 fully saturated rings. The fourth-order valence-electron chi connectivity index (χ4n) is 2.92. The molecule has 6 amide bonds. The molecule has 0 aliphatic heterocycles. The fourth-order valence-corrected chi connectivity index (χ4v) is 2.92. The van der Waals surface area contributed by atoms with Gasteiger partial charge in [-0.3, -0.25) is 38.6 Å². The molecular formula is C23H24N4O6. The molecular weight excluding hydrogens is 428 g/mol. The van der Waals surface area contributed by atoms with Crippen LogP contribution in [0, 0.1) is 0 Å². The summed E-state index contributed by atoms with van der Waals surface area (Å²) in [5, 5.41) is 5.07. The molecule has 0 aromatic heterocycles. The summed E-state index contributed by atoms with van der Waals surface area (Å²) in [5.41, 5.74) is 2.60. The van der Waals surface area contributed by atoms with E-state index < -0.39 is 17.7 Å². The molecule has 0 saturated carbocycles. The van der Waals surface area contributed by atoms with E-state index in [1.54, 1.807) is 48.5 Å². The maximum Gasteiger partial charge on any atom is 0.309 e. The maximum absolute atomic E-state index is 11.9. The van der Waals surface area contributed by atoms with Crippen molar-refractivity contribution in [2.75, 3.05) is 22.9 Å². The minimum atomic E-state index is -0.752. The molecule has 172 valence electrons. The van der Waals surface area contributed by atoms with Crippen molar-refractivity contribution in [2.45, 2.75) is 19.8 Å². The number of benzene rings is 2. The van der Waals surface area contributed by atoms with Gasteiger partial charge >= 0.3 is 11.8 Å². The van der Waals surface area contributed by atoms with Crippen molar-refractivity contribution in [1.82, 2.24) is 10.6 Å². The van der Waals surface area contributed by atoms with E-state index in [4.69, 9.17) is 0 Å². The summed E-state index contributed by atoms with van der Waals surface area (Å²) in [6.07, 6.45) is 2.19. The lowest BCUT2D eigenvalue weighted by Gasteiger charge is -2.13. The van der Waals surface area contributed by atoms with E-state index in [-0.39, 0.29) is 13.1 Å². The Morgan fingerprint density at radius 1 is 0.697 bits per heavy atom. The van der Waals surface area contributed by atoms with Crippen LogP contribution in [0.3, 0.4) is 0 Å². The summed E-state index contributed by atoms with van der Waals surface area (Å²) in [5.74, 6) is -1.90. The van der Waals surface area contributed by atoms with Gasteiger partial charge in [0.25, 0.3) is 0 Å². The minimum Gasteiger partial charge on any atom is -0.348 e. The van der Waals surface area contributed by atoms with Crippen molar-refractivity contribution in [2.24, 2.45) is 0 Å². The number of carbonyl (C=O) groups is 6. The summed E-state index contributed by atoms with van der Waals surface area (Å²) in [6, 6.07) is 13.4. The average molecular weight is 452 g/mol. The second kappa shape index (κ2) is 12.5. The summed E-state index contributed by atoms with van der Waals surface area (Å²) in [7, 11) is 0. The Hall–Kier alpha value is -4.34. The first-order valence-electron chi connectivity index (χ1n) is 10.1. The lowest BCUT2D eigenvalue weighted by molar-refractivity contribution is -0.139. The van der Waals surface area contributed by atoms with E-state index in [2.05, 4.69) is 10.6 Å². The highest BCUT2D eigenvalue weighted by Crippen LogP contribution is 2.15. The van der Waals surface area contributed by atoms with Gasteiger partial charge in [-0.25, -0.2) is 0 Å². The Balaban J connectivity index is 1.72. The molecule has 0 heterocycles. The van der Waals surface area contributed by atoms with Crippen molar-refractivity contribution >= 4 is 48.3 Å². The topological polar surface area (TPSA) is 133 Å². The monoisotopic (exact) mass is 452 g/mol. The third kappa shape index (κ3) is 7.39. The van der Waals surface area contributed by atoms with Crippen molar-refractivity contribution in [3.63, 3.8) is 0 Å². The molecule has 2 aromatic carbocycles. The van der Waals surface area contributed by atoms with E-state index in [1.807, 2.05) is 0 Å². The highest BCUT2D eigenvalue weighted by Gasteiger charge is 2.13. The van der Waals surface area contributed by atoms with Crippen LogP contribution in [-0.4, -0.2) is 50.0 Å². The molecule has 0 unspecified atom stereocenters. The predicted octanol–water partition coefficient (Wildman–Crippen LogP) is 0.333. The van der Waals surface area contributed by atoms with Crippen LogP contribution in [-0.2, 0) is 41.6 Å². The zero-order valence-corrected chi connectivity index (χ0v) is 18.0. The van der Waals surface area contributed by atoms with E-state index in [0.29, 0.717) is 43.4 Å². The van der Waals surface area contributed by atoms with E-state index >= 15 is 0 Å². The van der Waals surface area contributed by atoms with E-state index in [9.17, 15) is 28.8 Å². The Morgan fingerprint density at radius 2 is 1.12 bits per heavy atom. The van der Waals surface area contributed by atoms with Crippen molar-refractivity contribution in [3.05, 3.63) is 59.7 Å². The first-order valence-corrected chi connectivity index (χ1v) is 10.1. The molecule has 10 nitrogen and oxygen atoms in total. The van der Waals surface area contributed by atoms with Gasteiger partial charge in [-0.15, -0.1) is 0 Å². The van der Waals surface area contributed by atoms with Gasteiger partial charge in [0.2, 0.25) is 25.1 Å². The zero-order valence-electron chi connectivity index (χ0n) is 18.0. The van der Waals surface area contributed by atoms with Crippen LogP contribution >= 0.6 is 0 Å². The summed E-state index contributed by atoms with van der Waals surface area (Å²) in [6.45, 7) is 1.76. The largest absolute Gasteiger partial charge is 0.348 e. The molecule has 10 heteroatoms. The normalized spacial score (nSPS) is 9.97. The third-order valence-corrected chi connectivity index (χ3v) is 4.73. The second-order valence-corrected chi connectivity index (χ2v) is 6.96. The molecule has 0 atom stereocenters. The number of carbonyl (C=O) groups excluding carboxylic acids is 6. The van der Waals surface area contributed by atoms with Gasteiger partial charge in [0.15, 0.2) is 0 Å². The molecule has 2 N–H and O–H groups in total. The molecule has 0 radical (unpaired) electrons. The van der Waals surface area contributed by atoms with Crippen LogP contribution < -0.4 is 20.4 Å². The highest BCUT2D eigenvalue weighted by atomic mass is 16.2. The SMILES string of the molecule is CC(=O)N(C=O)c1ccc(CCNC(=O)C(=O)NCCc2ccc(N(C=O)C=O)cc2)cc1. The smallest absolute Gasteiger partial charge is 0.309 e. The lowest BCUT2D eigenvalue weighted by atomic mass is 10.1. The Kier molecular flexibility index (Phi) is 9.44. The molecule has 0 aliphatic rings. The van der Waals surface area contributed by atoms with Crippen molar-refractivity contribution < 1.29 is 28.8 Å². The number of amides is 6. The van der Waals surface area contributed by atoms with Gasteiger partial charge in [0, 0.05) is 20.0 Å². The number of imide groups is 2. The van der Waals surface area contributed by atoms with Gasteiger partial charge < -0.3 is 10.6 Å². The standard InChI is InChI=1S/C23H24N4O6/c1-17(31)27(16-30)21-8-4-19(5-9-21)11-13-25-23(33)22(32)24-12-10-18-2-6-20(7-3-18)26(14-28)15-29/h2-9,14-16H,10-13H2,1H3,(H,24,32)(H,25,33). The first-order chi connectivity index (χ1) is 15.9. The van der Waals surface area contributed by atoms with Gasteiger partial charge in [-0.2, -0.15) is 0 Å². The summed E-state index contributed by atoms with van der Waals surface area (Å²) >= 11 is 0.